The van der Waals surface area contributed by atoms with Crippen LogP contribution >= 0.6 is 0 Å². The molecule has 0 saturated carbocycles. The van der Waals surface area contributed by atoms with E-state index in [-0.39, 0.29) is 27.8 Å². The topological polar surface area (TPSA) is 125 Å². The molecule has 9 heteroatoms. The first-order valence-corrected chi connectivity index (χ1v) is 10.8. The fourth-order valence-electron chi connectivity index (χ4n) is 3.30. The number of benzene rings is 1. The van der Waals surface area contributed by atoms with Crippen molar-refractivity contribution in [3.05, 3.63) is 41.2 Å². The van der Waals surface area contributed by atoms with Crippen LogP contribution in [0.2, 0.25) is 0 Å². The molecule has 0 bridgehead atoms. The Morgan fingerprint density at radius 2 is 1.83 bits per heavy atom. The van der Waals surface area contributed by atoms with Crippen LogP contribution in [0.1, 0.15) is 50.4 Å². The van der Waals surface area contributed by atoms with Gasteiger partial charge < -0.3 is 15.3 Å². The van der Waals surface area contributed by atoms with Crippen molar-refractivity contribution >= 4 is 27.5 Å². The molecule has 158 valence electrons. The number of allylic oxidation sites excluding steroid dienone is 1. The Morgan fingerprint density at radius 1 is 1.21 bits per heavy atom. The molecule has 1 aromatic carbocycles. The quantitative estimate of drug-likeness (QED) is 0.301. The summed E-state index contributed by atoms with van der Waals surface area (Å²) in [6, 6.07) is 5.33. The third-order valence-corrected chi connectivity index (χ3v) is 6.82. The second-order valence-electron chi connectivity index (χ2n) is 7.06. The number of rotatable bonds is 7. The van der Waals surface area contributed by atoms with Crippen molar-refractivity contribution in [1.29, 1.82) is 5.41 Å². The SMILES string of the molecule is CC(=N)/C(C(C)=O)=C(/O)COC(=O)c1ccc(S(=O)(=O)N2CCCCC2C)cc1. The van der Waals surface area contributed by atoms with Gasteiger partial charge >= 0.3 is 5.97 Å². The zero-order valence-electron chi connectivity index (χ0n) is 16.8. The van der Waals surface area contributed by atoms with Crippen LogP contribution in [0.15, 0.2) is 40.5 Å². The minimum Gasteiger partial charge on any atom is -0.508 e. The Labute approximate surface area is 170 Å². The molecule has 8 nitrogen and oxygen atoms in total. The van der Waals surface area contributed by atoms with E-state index in [9.17, 15) is 23.1 Å². The van der Waals surface area contributed by atoms with E-state index in [1.807, 2.05) is 6.92 Å². The molecule has 0 radical (unpaired) electrons. The van der Waals surface area contributed by atoms with Crippen LogP contribution in [-0.2, 0) is 19.6 Å². The van der Waals surface area contributed by atoms with E-state index >= 15 is 0 Å². The molecule has 1 atom stereocenters. The number of carbonyl (C=O) groups excluding carboxylic acids is 2. The standard InChI is InChI=1S/C20H26N2O6S/c1-13-6-4-5-11-22(13)29(26,27)17-9-7-16(8-10-17)20(25)28-12-18(24)19(14(2)21)15(3)23/h7-10,13,21,24H,4-6,11-12H2,1-3H3/b19-18-,21-14?. The monoisotopic (exact) mass is 422 g/mol. The van der Waals surface area contributed by atoms with E-state index in [2.05, 4.69) is 0 Å². The highest BCUT2D eigenvalue weighted by molar-refractivity contribution is 7.89. The predicted molar refractivity (Wildman–Crippen MR) is 108 cm³/mol. The van der Waals surface area contributed by atoms with Crippen LogP contribution < -0.4 is 0 Å². The summed E-state index contributed by atoms with van der Waals surface area (Å²) in [5.74, 6) is -1.79. The van der Waals surface area contributed by atoms with Gasteiger partial charge in [0, 0.05) is 18.3 Å². The van der Waals surface area contributed by atoms with E-state index in [1.54, 1.807) is 0 Å². The minimum atomic E-state index is -3.64. The van der Waals surface area contributed by atoms with E-state index in [1.165, 1.54) is 42.4 Å². The number of Topliss-reactive ketones (excluding diaryl/α,β-unsaturated/α-hetero) is 1. The number of carbonyl (C=O) groups is 2. The van der Waals surface area contributed by atoms with Crippen LogP contribution in [0.25, 0.3) is 0 Å². The zero-order chi connectivity index (χ0) is 21.8. The van der Waals surface area contributed by atoms with Crippen molar-refractivity contribution < 1.29 is 27.9 Å². The van der Waals surface area contributed by atoms with Gasteiger partial charge in [-0.1, -0.05) is 6.42 Å². The van der Waals surface area contributed by atoms with Gasteiger partial charge in [-0.25, -0.2) is 13.2 Å². The molecular formula is C20H26N2O6S. The Bertz CT molecular complexity index is 918. The van der Waals surface area contributed by atoms with Crippen LogP contribution in [0.3, 0.4) is 0 Å². The van der Waals surface area contributed by atoms with Gasteiger partial charge in [-0.15, -0.1) is 0 Å². The molecule has 0 spiro atoms. The molecule has 29 heavy (non-hydrogen) atoms. The Hall–Kier alpha value is -2.52. The third-order valence-electron chi connectivity index (χ3n) is 4.79. The van der Waals surface area contributed by atoms with Crippen molar-refractivity contribution in [3.8, 4) is 0 Å². The number of hydrogen-bond acceptors (Lipinski definition) is 7. The van der Waals surface area contributed by atoms with Gasteiger partial charge in [-0.05, 0) is 57.9 Å². The molecule has 2 N–H and O–H groups in total. The Morgan fingerprint density at radius 3 is 2.34 bits per heavy atom. The van der Waals surface area contributed by atoms with Gasteiger partial charge in [0.05, 0.1) is 16.0 Å². The first-order chi connectivity index (χ1) is 13.6. The normalized spacial score (nSPS) is 18.7. The highest BCUT2D eigenvalue weighted by Gasteiger charge is 2.31. The molecule has 2 rings (SSSR count). The lowest BCUT2D eigenvalue weighted by atomic mass is 10.1. The number of ether oxygens (including phenoxy) is 1. The number of hydrogen-bond donors (Lipinski definition) is 2. The van der Waals surface area contributed by atoms with Gasteiger partial charge in [0.25, 0.3) is 0 Å². The Balaban J connectivity index is 2.12. The van der Waals surface area contributed by atoms with Gasteiger partial charge in [-0.2, -0.15) is 4.31 Å². The summed E-state index contributed by atoms with van der Waals surface area (Å²) < 4.78 is 32.1. The molecular weight excluding hydrogens is 396 g/mol. The van der Waals surface area contributed by atoms with E-state index in [4.69, 9.17) is 10.1 Å². The van der Waals surface area contributed by atoms with Gasteiger partial charge in [0.15, 0.2) is 5.78 Å². The molecule has 0 aromatic heterocycles. The molecule has 0 amide bonds. The van der Waals surface area contributed by atoms with Crippen molar-refractivity contribution in [1.82, 2.24) is 4.31 Å². The zero-order valence-corrected chi connectivity index (χ0v) is 17.6. The van der Waals surface area contributed by atoms with Crippen molar-refractivity contribution in [2.75, 3.05) is 13.2 Å². The largest absolute Gasteiger partial charge is 0.508 e. The van der Waals surface area contributed by atoms with Gasteiger partial charge in [-0.3, -0.25) is 4.79 Å². The number of nitrogens with one attached hydrogen (secondary N) is 1. The highest BCUT2D eigenvalue weighted by Crippen LogP contribution is 2.25. The van der Waals surface area contributed by atoms with Gasteiger partial charge in [0.1, 0.15) is 12.4 Å². The average Bonchev–Trinajstić information content (AvgIpc) is 2.65. The summed E-state index contributed by atoms with van der Waals surface area (Å²) in [5.41, 5.74) is -0.221. The number of ketones is 1. The van der Waals surface area contributed by atoms with E-state index in [0.717, 1.165) is 19.3 Å². The minimum absolute atomic E-state index is 0.0686. The molecule has 1 aliphatic heterocycles. The molecule has 1 unspecified atom stereocenters. The third kappa shape index (κ3) is 5.30. The smallest absolute Gasteiger partial charge is 0.338 e. The predicted octanol–water partition coefficient (Wildman–Crippen LogP) is 2.85. The van der Waals surface area contributed by atoms with Crippen molar-refractivity contribution in [3.63, 3.8) is 0 Å². The molecule has 0 aliphatic carbocycles. The number of aliphatic hydroxyl groups is 1. The molecule has 1 aliphatic rings. The number of piperidine rings is 1. The number of sulfonamides is 1. The average molecular weight is 423 g/mol. The molecule has 1 heterocycles. The maximum atomic E-state index is 12.8. The summed E-state index contributed by atoms with van der Waals surface area (Å²) >= 11 is 0. The maximum absolute atomic E-state index is 12.8. The molecule has 1 aromatic rings. The summed E-state index contributed by atoms with van der Waals surface area (Å²) in [6.45, 7) is 4.35. The van der Waals surface area contributed by atoms with Crippen LogP contribution in [-0.4, -0.2) is 54.5 Å². The lowest BCUT2D eigenvalue weighted by molar-refractivity contribution is -0.113. The van der Waals surface area contributed by atoms with Crippen LogP contribution in [0.4, 0.5) is 0 Å². The second kappa shape index (κ2) is 9.32. The lowest BCUT2D eigenvalue weighted by Crippen LogP contribution is -2.41. The summed E-state index contributed by atoms with van der Waals surface area (Å²) in [5, 5.41) is 17.4. The molecule has 1 saturated heterocycles. The number of nitrogens with zero attached hydrogens (tertiary/aromatic N) is 1. The first-order valence-electron chi connectivity index (χ1n) is 9.33. The highest BCUT2D eigenvalue weighted by atomic mass is 32.2. The van der Waals surface area contributed by atoms with Crippen molar-refractivity contribution in [2.45, 2.75) is 51.0 Å². The second-order valence-corrected chi connectivity index (χ2v) is 8.95. The number of aliphatic hydroxyl groups excluding tert-OH is 1. The van der Waals surface area contributed by atoms with E-state index in [0.29, 0.717) is 6.54 Å². The van der Waals surface area contributed by atoms with Gasteiger partial charge in [0.2, 0.25) is 10.0 Å². The van der Waals surface area contributed by atoms with E-state index < -0.39 is 34.1 Å². The fraction of sp³-hybridized carbons (Fsp3) is 0.450. The molecule has 1 fully saturated rings. The van der Waals surface area contributed by atoms with Crippen molar-refractivity contribution in [2.24, 2.45) is 0 Å². The maximum Gasteiger partial charge on any atom is 0.338 e. The lowest BCUT2D eigenvalue weighted by Gasteiger charge is -2.32. The van der Waals surface area contributed by atoms with Crippen LogP contribution in [0.5, 0.6) is 0 Å². The Kier molecular flexibility index (Phi) is 7.32. The first kappa shape index (κ1) is 22.8. The summed E-state index contributed by atoms with van der Waals surface area (Å²) in [6.07, 6.45) is 2.64. The summed E-state index contributed by atoms with van der Waals surface area (Å²) in [7, 11) is -3.64. The number of esters is 1. The fourth-order valence-corrected chi connectivity index (χ4v) is 5.00. The summed E-state index contributed by atoms with van der Waals surface area (Å²) in [4.78, 5) is 23.7. The van der Waals surface area contributed by atoms with Crippen LogP contribution in [0, 0.1) is 5.41 Å².